The Kier molecular flexibility index (Phi) is 4.50. The fourth-order valence-corrected chi connectivity index (χ4v) is 4.01. The number of anilines is 1. The van der Waals surface area contributed by atoms with E-state index in [0.717, 1.165) is 32.4 Å². The Bertz CT molecular complexity index is 569. The molecule has 3 N–H and O–H groups in total. The molecule has 19 heavy (non-hydrogen) atoms. The molecule has 1 heterocycles. The Morgan fingerprint density at radius 3 is 2.53 bits per heavy atom. The van der Waals surface area contributed by atoms with Crippen molar-refractivity contribution in [1.82, 2.24) is 9.84 Å². The number of nitrogens with one attached hydrogen (secondary N) is 1. The minimum atomic E-state index is -3.55. The predicted molar refractivity (Wildman–Crippen MR) is 79.0 cm³/mol. The summed E-state index contributed by atoms with van der Waals surface area (Å²) < 4.78 is 25.4. The highest BCUT2D eigenvalue weighted by Gasteiger charge is 2.22. The number of hydrogen-bond acceptors (Lipinski definition) is 4. The van der Waals surface area contributed by atoms with Gasteiger partial charge in [-0.05, 0) is 53.4 Å². The largest absolute Gasteiger partial charge is 0.398 e. The van der Waals surface area contributed by atoms with Gasteiger partial charge in [-0.2, -0.15) is 0 Å². The standard InChI is InChI=1S/C12H18BrN3O2S/c1-9-7-10(13)11(14)8-12(9)19(17,18)15-16-5-3-2-4-6-16/h7-8,15H,2-6,14H2,1H3. The highest BCUT2D eigenvalue weighted by atomic mass is 79.9. The molecule has 0 bridgehead atoms. The van der Waals surface area contributed by atoms with Crippen molar-refractivity contribution in [3.05, 3.63) is 22.2 Å². The van der Waals surface area contributed by atoms with Gasteiger partial charge in [0, 0.05) is 23.2 Å². The fraction of sp³-hybridized carbons (Fsp3) is 0.500. The molecule has 106 valence electrons. The maximum atomic E-state index is 12.4. The Balaban J connectivity index is 2.26. The van der Waals surface area contributed by atoms with E-state index in [4.69, 9.17) is 5.73 Å². The van der Waals surface area contributed by atoms with Crippen LogP contribution in [0, 0.1) is 6.92 Å². The normalized spacial score (nSPS) is 17.6. The van der Waals surface area contributed by atoms with Crippen molar-refractivity contribution in [3.8, 4) is 0 Å². The average molecular weight is 348 g/mol. The zero-order valence-corrected chi connectivity index (χ0v) is 13.2. The highest BCUT2D eigenvalue weighted by Crippen LogP contribution is 2.26. The summed E-state index contributed by atoms with van der Waals surface area (Å²) in [7, 11) is -3.55. The number of hydrogen-bond donors (Lipinski definition) is 2. The third kappa shape index (κ3) is 3.47. The zero-order chi connectivity index (χ0) is 14.0. The summed E-state index contributed by atoms with van der Waals surface area (Å²) in [5, 5.41) is 1.76. The Hall–Kier alpha value is -0.630. The monoisotopic (exact) mass is 347 g/mol. The van der Waals surface area contributed by atoms with Crippen LogP contribution in [-0.2, 0) is 10.0 Å². The van der Waals surface area contributed by atoms with Crippen LogP contribution in [-0.4, -0.2) is 26.5 Å². The molecule has 1 aliphatic rings. The number of nitrogen functional groups attached to an aromatic ring is 1. The van der Waals surface area contributed by atoms with E-state index in [1.54, 1.807) is 18.0 Å². The van der Waals surface area contributed by atoms with Gasteiger partial charge in [0.15, 0.2) is 0 Å². The summed E-state index contributed by atoms with van der Waals surface area (Å²) in [6, 6.07) is 3.21. The molecule has 1 fully saturated rings. The number of nitrogens with zero attached hydrogens (tertiary/aromatic N) is 1. The molecule has 7 heteroatoms. The summed E-state index contributed by atoms with van der Waals surface area (Å²) in [4.78, 5) is 2.87. The first-order chi connectivity index (χ1) is 8.90. The highest BCUT2D eigenvalue weighted by molar-refractivity contribution is 9.10. The zero-order valence-electron chi connectivity index (χ0n) is 10.8. The number of piperidine rings is 1. The van der Waals surface area contributed by atoms with Crippen LogP contribution in [0.3, 0.4) is 0 Å². The average Bonchev–Trinajstić information content (AvgIpc) is 2.34. The summed E-state index contributed by atoms with van der Waals surface area (Å²) in [5.74, 6) is 0. The van der Waals surface area contributed by atoms with Crippen molar-refractivity contribution in [2.75, 3.05) is 18.8 Å². The molecule has 0 aliphatic carbocycles. The van der Waals surface area contributed by atoms with E-state index in [0.29, 0.717) is 15.7 Å². The third-order valence-electron chi connectivity index (χ3n) is 3.19. The van der Waals surface area contributed by atoms with E-state index >= 15 is 0 Å². The van der Waals surface area contributed by atoms with Gasteiger partial charge in [-0.15, -0.1) is 4.83 Å². The van der Waals surface area contributed by atoms with Crippen LogP contribution < -0.4 is 10.6 Å². The van der Waals surface area contributed by atoms with Gasteiger partial charge in [-0.25, -0.2) is 13.4 Å². The lowest BCUT2D eigenvalue weighted by Gasteiger charge is -2.27. The van der Waals surface area contributed by atoms with Gasteiger partial charge in [-0.1, -0.05) is 6.42 Å². The summed E-state index contributed by atoms with van der Waals surface area (Å²) >= 11 is 3.29. The predicted octanol–water partition coefficient (Wildman–Crippen LogP) is 2.02. The van der Waals surface area contributed by atoms with Crippen LogP contribution in [0.5, 0.6) is 0 Å². The number of benzene rings is 1. The molecule has 0 aromatic heterocycles. The van der Waals surface area contributed by atoms with E-state index in [1.807, 2.05) is 0 Å². The molecule has 0 unspecified atom stereocenters. The summed E-state index contributed by atoms with van der Waals surface area (Å²) in [6.45, 7) is 3.27. The Morgan fingerprint density at radius 1 is 1.26 bits per heavy atom. The van der Waals surface area contributed by atoms with Crippen LogP contribution in [0.1, 0.15) is 24.8 Å². The number of halogens is 1. The Morgan fingerprint density at radius 2 is 1.89 bits per heavy atom. The summed E-state index contributed by atoms with van der Waals surface area (Å²) in [6.07, 6.45) is 3.19. The molecular formula is C12H18BrN3O2S. The molecule has 1 saturated heterocycles. The smallest absolute Gasteiger partial charge is 0.253 e. The van der Waals surface area contributed by atoms with E-state index in [2.05, 4.69) is 20.8 Å². The van der Waals surface area contributed by atoms with Crippen LogP contribution in [0.2, 0.25) is 0 Å². The molecule has 0 atom stereocenters. The van der Waals surface area contributed by atoms with Crippen LogP contribution in [0.15, 0.2) is 21.5 Å². The lowest BCUT2D eigenvalue weighted by Crippen LogP contribution is -2.45. The molecule has 5 nitrogen and oxygen atoms in total. The first-order valence-corrected chi connectivity index (χ1v) is 8.51. The van der Waals surface area contributed by atoms with E-state index < -0.39 is 10.0 Å². The third-order valence-corrected chi connectivity index (χ3v) is 5.39. The minimum absolute atomic E-state index is 0.235. The molecule has 1 aromatic carbocycles. The van der Waals surface area contributed by atoms with Crippen molar-refractivity contribution in [1.29, 1.82) is 0 Å². The van der Waals surface area contributed by atoms with Crippen molar-refractivity contribution in [2.24, 2.45) is 0 Å². The maximum Gasteiger partial charge on any atom is 0.253 e. The minimum Gasteiger partial charge on any atom is -0.398 e. The second-order valence-corrected chi connectivity index (χ2v) is 7.27. The topological polar surface area (TPSA) is 75.4 Å². The first-order valence-electron chi connectivity index (χ1n) is 6.23. The van der Waals surface area contributed by atoms with Gasteiger partial charge in [0.05, 0.1) is 4.90 Å². The van der Waals surface area contributed by atoms with Gasteiger partial charge in [0.25, 0.3) is 10.0 Å². The quantitative estimate of drug-likeness (QED) is 0.820. The molecule has 0 spiro atoms. The van der Waals surface area contributed by atoms with Gasteiger partial charge in [0.2, 0.25) is 0 Å². The molecule has 0 amide bonds. The lowest BCUT2D eigenvalue weighted by atomic mass is 10.2. The van der Waals surface area contributed by atoms with Crippen LogP contribution >= 0.6 is 15.9 Å². The molecule has 0 radical (unpaired) electrons. The van der Waals surface area contributed by atoms with E-state index in [1.165, 1.54) is 6.07 Å². The van der Waals surface area contributed by atoms with Gasteiger partial charge in [0.1, 0.15) is 0 Å². The first kappa shape index (κ1) is 14.8. The number of aryl methyl sites for hydroxylation is 1. The fourth-order valence-electron chi connectivity index (χ4n) is 2.16. The summed E-state index contributed by atoms with van der Waals surface area (Å²) in [5.41, 5.74) is 6.86. The second kappa shape index (κ2) is 5.78. The van der Waals surface area contributed by atoms with Gasteiger partial charge in [-0.3, -0.25) is 0 Å². The molecule has 0 saturated carbocycles. The molecule has 1 aliphatic heterocycles. The van der Waals surface area contributed by atoms with Crippen LogP contribution in [0.4, 0.5) is 5.69 Å². The Labute approximate surface area is 122 Å². The van der Waals surface area contributed by atoms with E-state index in [9.17, 15) is 8.42 Å². The van der Waals surface area contributed by atoms with Crippen molar-refractivity contribution in [3.63, 3.8) is 0 Å². The van der Waals surface area contributed by atoms with Crippen molar-refractivity contribution >= 4 is 31.6 Å². The van der Waals surface area contributed by atoms with Gasteiger partial charge < -0.3 is 5.73 Å². The molecule has 2 rings (SSSR count). The lowest BCUT2D eigenvalue weighted by molar-refractivity contribution is 0.200. The van der Waals surface area contributed by atoms with Crippen molar-refractivity contribution < 1.29 is 8.42 Å². The van der Waals surface area contributed by atoms with E-state index in [-0.39, 0.29) is 4.90 Å². The molecular weight excluding hydrogens is 330 g/mol. The second-order valence-electron chi connectivity index (χ2n) is 4.78. The van der Waals surface area contributed by atoms with Crippen LogP contribution in [0.25, 0.3) is 0 Å². The maximum absolute atomic E-state index is 12.4. The number of sulfonamides is 1. The number of rotatable bonds is 3. The molecule has 1 aromatic rings. The van der Waals surface area contributed by atoms with Gasteiger partial charge >= 0.3 is 0 Å². The number of hydrazine groups is 1. The van der Waals surface area contributed by atoms with Crippen molar-refractivity contribution in [2.45, 2.75) is 31.1 Å². The SMILES string of the molecule is Cc1cc(Br)c(N)cc1S(=O)(=O)NN1CCCCC1. The number of nitrogens with two attached hydrogens (primary N) is 1.